The predicted molar refractivity (Wildman–Crippen MR) is 58.9 cm³/mol. The monoisotopic (exact) mass is 201 g/mol. The maximum absolute atomic E-state index is 10.1. The Morgan fingerprint density at radius 1 is 1.47 bits per heavy atom. The third kappa shape index (κ3) is 1.23. The molecule has 0 aromatic heterocycles. The van der Waals surface area contributed by atoms with Gasteiger partial charge >= 0.3 is 0 Å². The molecule has 2 heteroatoms. The molecule has 0 amide bonds. The Balaban J connectivity index is 2.60. The van der Waals surface area contributed by atoms with Crippen molar-refractivity contribution in [2.75, 3.05) is 0 Å². The van der Waals surface area contributed by atoms with Crippen LogP contribution in [0.3, 0.4) is 0 Å². The Hall–Kier alpha value is -1.49. The van der Waals surface area contributed by atoms with Gasteiger partial charge in [0, 0.05) is 5.56 Å². The van der Waals surface area contributed by atoms with Gasteiger partial charge in [0.05, 0.1) is 11.5 Å². The van der Waals surface area contributed by atoms with Gasteiger partial charge in [-0.05, 0) is 30.4 Å². The maximum atomic E-state index is 10.1. The smallest absolute Gasteiger partial charge is 0.124 e. The van der Waals surface area contributed by atoms with Crippen molar-refractivity contribution in [3.8, 4) is 11.8 Å². The number of fused-ring (bicyclic) bond motifs is 1. The second kappa shape index (κ2) is 3.00. The quantitative estimate of drug-likeness (QED) is 0.759. The van der Waals surface area contributed by atoms with E-state index in [-0.39, 0.29) is 0 Å². The highest BCUT2D eigenvalue weighted by Crippen LogP contribution is 2.48. The van der Waals surface area contributed by atoms with E-state index in [2.05, 4.69) is 6.07 Å². The third-order valence-corrected chi connectivity index (χ3v) is 3.26. The van der Waals surface area contributed by atoms with Crippen molar-refractivity contribution < 1.29 is 5.11 Å². The number of hydrogen-bond donors (Lipinski definition) is 1. The minimum Gasteiger partial charge on any atom is -0.507 e. The lowest BCUT2D eigenvalue weighted by Gasteiger charge is -2.36. The van der Waals surface area contributed by atoms with Gasteiger partial charge in [-0.15, -0.1) is 0 Å². The molecule has 78 valence electrons. The molecule has 0 bridgehead atoms. The van der Waals surface area contributed by atoms with Gasteiger partial charge in [0.15, 0.2) is 0 Å². The maximum Gasteiger partial charge on any atom is 0.124 e. The van der Waals surface area contributed by atoms with Gasteiger partial charge in [-0.2, -0.15) is 5.26 Å². The Bertz CT molecular complexity index is 456. The molecule has 0 aliphatic heterocycles. The van der Waals surface area contributed by atoms with Crippen LogP contribution in [-0.2, 0) is 11.8 Å². The first-order chi connectivity index (χ1) is 6.99. The summed E-state index contributed by atoms with van der Waals surface area (Å²) in [5.74, 6) is 0.622. The van der Waals surface area contributed by atoms with Crippen molar-refractivity contribution in [2.24, 2.45) is 0 Å². The summed E-state index contributed by atoms with van der Waals surface area (Å²) >= 11 is 0. The molecule has 2 rings (SSSR count). The zero-order chi connectivity index (χ0) is 11.2. The van der Waals surface area contributed by atoms with Crippen LogP contribution in [0.4, 0.5) is 0 Å². The number of hydrogen-bond acceptors (Lipinski definition) is 2. The van der Waals surface area contributed by atoms with Crippen LogP contribution in [0.15, 0.2) is 12.1 Å². The second-order valence-electron chi connectivity index (χ2n) is 4.81. The summed E-state index contributed by atoms with van der Waals surface area (Å²) in [7, 11) is 0. The third-order valence-electron chi connectivity index (χ3n) is 3.26. The molecule has 1 N–H and O–H groups in total. The Morgan fingerprint density at radius 2 is 2.13 bits per heavy atom. The lowest BCUT2D eigenvalue weighted by molar-refractivity contribution is 0.418. The Kier molecular flexibility index (Phi) is 2.01. The average molecular weight is 201 g/mol. The summed E-state index contributed by atoms with van der Waals surface area (Å²) in [5.41, 5.74) is 2.41. The van der Waals surface area contributed by atoms with E-state index in [9.17, 15) is 5.11 Å². The average Bonchev–Trinajstić information content (AvgIpc) is 2.14. The number of aromatic hydroxyl groups is 1. The molecule has 0 spiro atoms. The van der Waals surface area contributed by atoms with Crippen molar-refractivity contribution >= 4 is 0 Å². The summed E-state index contributed by atoms with van der Waals surface area (Å²) in [6, 6.07) is 6.28. The molecule has 1 aliphatic rings. The molecule has 0 radical (unpaired) electrons. The molecular formula is C13H15NO. The minimum atomic E-state index is -0.482. The molecule has 15 heavy (non-hydrogen) atoms. The van der Waals surface area contributed by atoms with Crippen LogP contribution in [-0.4, -0.2) is 5.11 Å². The topological polar surface area (TPSA) is 44.0 Å². The van der Waals surface area contributed by atoms with Crippen LogP contribution in [0.1, 0.15) is 43.4 Å². The molecule has 1 aromatic rings. The summed E-state index contributed by atoms with van der Waals surface area (Å²) in [6.45, 7) is 5.98. The summed E-state index contributed by atoms with van der Waals surface area (Å²) < 4.78 is 0. The Labute approximate surface area is 90.2 Å². The van der Waals surface area contributed by atoms with Crippen LogP contribution in [0.2, 0.25) is 0 Å². The summed E-state index contributed by atoms with van der Waals surface area (Å²) in [4.78, 5) is 0. The van der Waals surface area contributed by atoms with Gasteiger partial charge in [0.25, 0.3) is 0 Å². The van der Waals surface area contributed by atoms with E-state index >= 15 is 0 Å². The highest BCUT2D eigenvalue weighted by molar-refractivity contribution is 5.59. The number of rotatable bonds is 1. The van der Waals surface area contributed by atoms with Gasteiger partial charge in [0.1, 0.15) is 5.75 Å². The van der Waals surface area contributed by atoms with E-state index in [0.29, 0.717) is 11.7 Å². The van der Waals surface area contributed by atoms with Crippen LogP contribution < -0.4 is 0 Å². The van der Waals surface area contributed by atoms with E-state index in [1.165, 1.54) is 0 Å². The van der Waals surface area contributed by atoms with E-state index < -0.39 is 5.41 Å². The van der Waals surface area contributed by atoms with Gasteiger partial charge in [-0.3, -0.25) is 0 Å². The fourth-order valence-corrected chi connectivity index (χ4v) is 2.34. The molecular weight excluding hydrogens is 186 g/mol. The van der Waals surface area contributed by atoms with Gasteiger partial charge in [-0.25, -0.2) is 0 Å². The molecule has 1 aromatic carbocycles. The zero-order valence-corrected chi connectivity index (χ0v) is 9.33. The largest absolute Gasteiger partial charge is 0.507 e. The van der Waals surface area contributed by atoms with Gasteiger partial charge < -0.3 is 5.11 Å². The molecule has 1 aliphatic carbocycles. The van der Waals surface area contributed by atoms with Crippen LogP contribution in [0, 0.1) is 11.3 Å². The number of phenolic OH excluding ortho intramolecular Hbond substituents is 1. The number of nitrogens with zero attached hydrogens (tertiary/aromatic N) is 1. The van der Waals surface area contributed by atoms with Crippen molar-refractivity contribution in [3.05, 3.63) is 28.8 Å². The van der Waals surface area contributed by atoms with E-state index in [1.54, 1.807) is 0 Å². The highest BCUT2D eigenvalue weighted by Gasteiger charge is 2.42. The molecule has 1 atom stereocenters. The SMILES string of the molecule is CC(C)c1ccc2c(c1O)[C@](C)(C#N)C2. The number of nitriles is 1. The molecule has 0 unspecified atom stereocenters. The van der Waals surface area contributed by atoms with Crippen molar-refractivity contribution in [1.82, 2.24) is 0 Å². The van der Waals surface area contributed by atoms with Gasteiger partial charge in [-0.1, -0.05) is 26.0 Å². The molecule has 2 nitrogen and oxygen atoms in total. The minimum absolute atomic E-state index is 0.291. The van der Waals surface area contributed by atoms with E-state index in [1.807, 2.05) is 32.9 Å². The normalized spacial score (nSPS) is 23.1. The summed E-state index contributed by atoms with van der Waals surface area (Å²) in [6.07, 6.45) is 0.755. The summed E-state index contributed by atoms with van der Waals surface area (Å²) in [5, 5.41) is 19.2. The standard InChI is InChI=1S/C13H15NO/c1-8(2)10-5-4-9-6-13(3,7-14)11(9)12(10)15/h4-5,8,15H,6H2,1-3H3/t13-/m0/s1. The molecule has 0 fully saturated rings. The van der Waals surface area contributed by atoms with Crippen LogP contribution in [0.5, 0.6) is 5.75 Å². The van der Waals surface area contributed by atoms with Crippen molar-refractivity contribution in [2.45, 2.75) is 38.5 Å². The van der Waals surface area contributed by atoms with Crippen LogP contribution in [0.25, 0.3) is 0 Å². The second-order valence-corrected chi connectivity index (χ2v) is 4.81. The fraction of sp³-hybridized carbons (Fsp3) is 0.462. The van der Waals surface area contributed by atoms with Crippen LogP contribution >= 0.6 is 0 Å². The van der Waals surface area contributed by atoms with E-state index in [4.69, 9.17) is 5.26 Å². The predicted octanol–water partition coefficient (Wildman–Crippen LogP) is 2.85. The van der Waals surface area contributed by atoms with Gasteiger partial charge in [0.2, 0.25) is 0 Å². The fourth-order valence-electron chi connectivity index (χ4n) is 2.34. The first-order valence-corrected chi connectivity index (χ1v) is 5.26. The Morgan fingerprint density at radius 3 is 2.67 bits per heavy atom. The van der Waals surface area contributed by atoms with E-state index in [0.717, 1.165) is 23.1 Å². The highest BCUT2D eigenvalue weighted by atomic mass is 16.3. The number of benzene rings is 1. The molecule has 0 saturated carbocycles. The molecule has 0 saturated heterocycles. The van der Waals surface area contributed by atoms with Crippen molar-refractivity contribution in [1.29, 1.82) is 5.26 Å². The lowest BCUT2D eigenvalue weighted by Crippen LogP contribution is -2.34. The van der Waals surface area contributed by atoms with Crippen molar-refractivity contribution in [3.63, 3.8) is 0 Å². The number of phenols is 1. The molecule has 0 heterocycles. The zero-order valence-electron chi connectivity index (χ0n) is 9.33. The first kappa shape index (κ1) is 10.0. The first-order valence-electron chi connectivity index (χ1n) is 5.26. The lowest BCUT2D eigenvalue weighted by atomic mass is 9.65.